The second-order valence-corrected chi connectivity index (χ2v) is 4.56. The lowest BCUT2D eigenvalue weighted by molar-refractivity contribution is -0.144. The van der Waals surface area contributed by atoms with E-state index in [-0.39, 0.29) is 0 Å². The molecule has 0 saturated heterocycles. The number of nitrogens with one attached hydrogen (secondary N) is 1. The Kier molecular flexibility index (Phi) is 2.44. The third-order valence-electron chi connectivity index (χ3n) is 2.68. The molecule has 1 aromatic carbocycles. The van der Waals surface area contributed by atoms with Crippen LogP contribution in [-0.4, -0.2) is 17.6 Å². The Morgan fingerprint density at radius 3 is 3.00 bits per heavy atom. The molecule has 15 heavy (non-hydrogen) atoms. The highest BCUT2D eigenvalue weighted by Crippen LogP contribution is 2.35. The molecule has 0 amide bonds. The van der Waals surface area contributed by atoms with E-state index in [1.165, 1.54) is 0 Å². The highest BCUT2D eigenvalue weighted by atomic mass is 79.9. The summed E-state index contributed by atoms with van der Waals surface area (Å²) in [4.78, 5) is 11.2. The minimum atomic E-state index is -1.26. The minimum absolute atomic E-state index is 0.400. The minimum Gasteiger partial charge on any atom is -0.480 e. The number of fused-ring (bicyclic) bond motifs is 1. The molecule has 0 saturated carbocycles. The maximum atomic E-state index is 11.2. The number of aliphatic carboxylic acids is 1. The molecule has 0 fully saturated rings. The molecule has 0 aromatic heterocycles. The summed E-state index contributed by atoms with van der Waals surface area (Å²) in [6, 6.07) is 5.40. The van der Waals surface area contributed by atoms with Crippen LogP contribution in [0, 0.1) is 0 Å². The molecule has 1 aromatic rings. The summed E-state index contributed by atoms with van der Waals surface area (Å²) < 4.78 is 0.906. The molecule has 1 heterocycles. The molecule has 1 aliphatic rings. The van der Waals surface area contributed by atoms with E-state index in [0.29, 0.717) is 18.5 Å². The van der Waals surface area contributed by atoms with Crippen molar-refractivity contribution >= 4 is 27.6 Å². The average Bonchev–Trinajstić information content (AvgIpc) is 2.17. The van der Waals surface area contributed by atoms with Crippen LogP contribution in [0.25, 0.3) is 0 Å². The number of anilines is 1. The molecule has 80 valence electrons. The first-order valence-electron chi connectivity index (χ1n) is 4.60. The van der Waals surface area contributed by atoms with Crippen molar-refractivity contribution in [2.75, 3.05) is 11.9 Å². The van der Waals surface area contributed by atoms with Crippen LogP contribution < -0.4 is 11.1 Å². The largest absolute Gasteiger partial charge is 0.480 e. The van der Waals surface area contributed by atoms with Gasteiger partial charge in [-0.3, -0.25) is 0 Å². The molecule has 1 unspecified atom stereocenters. The van der Waals surface area contributed by atoms with Crippen LogP contribution in [0.5, 0.6) is 0 Å². The Hall–Kier alpha value is -1.07. The first-order valence-corrected chi connectivity index (χ1v) is 5.39. The summed E-state index contributed by atoms with van der Waals surface area (Å²) in [5, 5.41) is 12.3. The van der Waals surface area contributed by atoms with Crippen LogP contribution >= 0.6 is 15.9 Å². The maximum Gasteiger partial charge on any atom is 0.328 e. The molecular weight excluding hydrogens is 260 g/mol. The van der Waals surface area contributed by atoms with Crippen molar-refractivity contribution in [2.24, 2.45) is 5.73 Å². The number of halogens is 1. The summed E-state index contributed by atoms with van der Waals surface area (Å²) in [5.41, 5.74) is 6.08. The van der Waals surface area contributed by atoms with Gasteiger partial charge in [0.05, 0.1) is 0 Å². The van der Waals surface area contributed by atoms with E-state index >= 15 is 0 Å². The van der Waals surface area contributed by atoms with Crippen molar-refractivity contribution in [2.45, 2.75) is 12.0 Å². The van der Waals surface area contributed by atoms with E-state index in [4.69, 9.17) is 10.8 Å². The van der Waals surface area contributed by atoms with Gasteiger partial charge >= 0.3 is 5.97 Å². The molecule has 0 spiro atoms. The molecule has 0 bridgehead atoms. The van der Waals surface area contributed by atoms with Crippen LogP contribution in [0.4, 0.5) is 5.69 Å². The Morgan fingerprint density at radius 2 is 2.33 bits per heavy atom. The zero-order valence-electron chi connectivity index (χ0n) is 7.96. The smallest absolute Gasteiger partial charge is 0.328 e. The molecule has 2 rings (SSSR count). The van der Waals surface area contributed by atoms with Gasteiger partial charge in [-0.1, -0.05) is 22.0 Å². The fourth-order valence-electron chi connectivity index (χ4n) is 1.80. The van der Waals surface area contributed by atoms with Crippen LogP contribution in [0.2, 0.25) is 0 Å². The third-order valence-corrected chi connectivity index (χ3v) is 3.17. The fraction of sp³-hybridized carbons (Fsp3) is 0.300. The van der Waals surface area contributed by atoms with Gasteiger partial charge in [-0.25, -0.2) is 4.79 Å². The average molecular weight is 271 g/mol. The van der Waals surface area contributed by atoms with Crippen molar-refractivity contribution in [1.82, 2.24) is 0 Å². The van der Waals surface area contributed by atoms with E-state index in [1.807, 2.05) is 6.07 Å². The quantitative estimate of drug-likeness (QED) is 0.723. The number of carboxylic acid groups (broad SMARTS) is 1. The molecule has 4 N–H and O–H groups in total. The highest BCUT2D eigenvalue weighted by Gasteiger charge is 2.39. The van der Waals surface area contributed by atoms with E-state index in [9.17, 15) is 4.79 Å². The van der Waals surface area contributed by atoms with Gasteiger partial charge < -0.3 is 16.2 Å². The zero-order chi connectivity index (χ0) is 11.1. The predicted molar refractivity (Wildman–Crippen MR) is 60.7 cm³/mol. The van der Waals surface area contributed by atoms with Gasteiger partial charge in [0.25, 0.3) is 0 Å². The van der Waals surface area contributed by atoms with Crippen LogP contribution in [0.3, 0.4) is 0 Å². The molecule has 1 atom stereocenters. The maximum absolute atomic E-state index is 11.2. The van der Waals surface area contributed by atoms with Crippen molar-refractivity contribution in [3.63, 3.8) is 0 Å². The van der Waals surface area contributed by atoms with Crippen molar-refractivity contribution in [1.29, 1.82) is 0 Å². The number of hydrogen-bond acceptors (Lipinski definition) is 3. The number of hydrogen-bond donors (Lipinski definition) is 3. The first kappa shape index (κ1) is 10.4. The van der Waals surface area contributed by atoms with Gasteiger partial charge in [-0.15, -0.1) is 0 Å². The number of nitrogens with two attached hydrogens (primary N) is 1. The second-order valence-electron chi connectivity index (χ2n) is 3.64. The van der Waals surface area contributed by atoms with Crippen molar-refractivity contribution in [3.8, 4) is 0 Å². The second kappa shape index (κ2) is 3.50. The summed E-state index contributed by atoms with van der Waals surface area (Å²) in [7, 11) is 0. The van der Waals surface area contributed by atoms with Crippen molar-refractivity contribution in [3.05, 3.63) is 28.2 Å². The predicted octanol–water partition coefficient (Wildman–Crippen LogP) is 1.50. The number of benzene rings is 1. The summed E-state index contributed by atoms with van der Waals surface area (Å²) >= 11 is 3.34. The third kappa shape index (κ3) is 1.61. The number of carboxylic acids is 1. The van der Waals surface area contributed by atoms with Gasteiger partial charge in [0, 0.05) is 22.3 Å². The highest BCUT2D eigenvalue weighted by molar-refractivity contribution is 9.10. The number of rotatable bonds is 1. The molecule has 5 heteroatoms. The molecule has 1 aliphatic heterocycles. The molecule has 4 nitrogen and oxygen atoms in total. The van der Waals surface area contributed by atoms with E-state index in [1.54, 1.807) is 12.1 Å². The first-order chi connectivity index (χ1) is 7.04. The fourth-order valence-corrected chi connectivity index (χ4v) is 2.16. The van der Waals surface area contributed by atoms with Crippen molar-refractivity contribution < 1.29 is 9.90 Å². The lowest BCUT2D eigenvalue weighted by Crippen LogP contribution is -2.48. The Labute approximate surface area is 95.6 Å². The topological polar surface area (TPSA) is 75.4 Å². The Bertz CT molecular complexity index is 422. The Balaban J connectivity index is 2.56. The monoisotopic (exact) mass is 270 g/mol. The SMILES string of the molecule is NC1(C(=O)O)CCNc2cc(Br)ccc21. The van der Waals surface area contributed by atoms with E-state index < -0.39 is 11.5 Å². The number of carbonyl (C=O) groups is 1. The van der Waals surface area contributed by atoms with Crippen LogP contribution in [-0.2, 0) is 10.3 Å². The van der Waals surface area contributed by atoms with Gasteiger partial charge in [0.15, 0.2) is 0 Å². The van der Waals surface area contributed by atoms with Gasteiger partial charge in [0.2, 0.25) is 0 Å². The van der Waals surface area contributed by atoms with E-state index in [0.717, 1.165) is 10.2 Å². The van der Waals surface area contributed by atoms with Gasteiger partial charge in [-0.2, -0.15) is 0 Å². The lowest BCUT2D eigenvalue weighted by Gasteiger charge is -2.32. The summed E-state index contributed by atoms with van der Waals surface area (Å²) in [6.45, 7) is 0.576. The summed E-state index contributed by atoms with van der Waals surface area (Å²) in [6.07, 6.45) is 0.400. The normalized spacial score (nSPS) is 24.1. The molecular formula is C10H11BrN2O2. The van der Waals surface area contributed by atoms with Gasteiger partial charge in [-0.05, 0) is 18.6 Å². The molecule has 0 aliphatic carbocycles. The standard InChI is InChI=1S/C10H11BrN2O2/c11-6-1-2-7-8(5-6)13-4-3-10(7,12)9(14)15/h1-2,5,13H,3-4,12H2,(H,14,15). The Morgan fingerprint density at radius 1 is 1.60 bits per heavy atom. The molecule has 0 radical (unpaired) electrons. The van der Waals surface area contributed by atoms with E-state index in [2.05, 4.69) is 21.2 Å². The zero-order valence-corrected chi connectivity index (χ0v) is 9.54. The van der Waals surface area contributed by atoms with Crippen LogP contribution in [0.15, 0.2) is 22.7 Å². The summed E-state index contributed by atoms with van der Waals surface area (Å²) in [5.74, 6) is -0.979. The van der Waals surface area contributed by atoms with Gasteiger partial charge in [0.1, 0.15) is 5.54 Å². The lowest BCUT2D eigenvalue weighted by atomic mass is 9.84. The van der Waals surface area contributed by atoms with Crippen LogP contribution in [0.1, 0.15) is 12.0 Å².